The molecule has 0 fully saturated rings. The Morgan fingerprint density at radius 3 is 2.64 bits per heavy atom. The molecule has 2 aliphatic rings. The third-order valence-electron chi connectivity index (χ3n) is 5.95. The molecule has 0 aromatic heterocycles. The van der Waals surface area contributed by atoms with Crippen LogP contribution in [0, 0.1) is 5.82 Å². The number of aliphatic imine (C=N–C) groups is 2. The zero-order chi connectivity index (χ0) is 25.7. The minimum atomic E-state index is -0.720. The van der Waals surface area contributed by atoms with E-state index in [1.54, 1.807) is 12.1 Å². The van der Waals surface area contributed by atoms with Gasteiger partial charge < -0.3 is 10.6 Å². The molecule has 188 valence electrons. The molecule has 0 saturated heterocycles. The summed E-state index contributed by atoms with van der Waals surface area (Å²) < 4.78 is 13.0. The molecular weight excluding hydrogens is 481 g/mol. The zero-order valence-electron chi connectivity index (χ0n) is 20.2. The van der Waals surface area contributed by atoms with Gasteiger partial charge >= 0.3 is 0 Å². The molecule has 2 heterocycles. The second kappa shape index (κ2) is 11.5. The van der Waals surface area contributed by atoms with Gasteiger partial charge in [0.1, 0.15) is 17.7 Å². The Morgan fingerprint density at radius 2 is 1.89 bits per heavy atom. The average molecular weight is 510 g/mol. The van der Waals surface area contributed by atoms with Crippen LogP contribution in [0.15, 0.2) is 58.5 Å². The van der Waals surface area contributed by atoms with Crippen LogP contribution in [-0.4, -0.2) is 51.5 Å². The van der Waals surface area contributed by atoms with Crippen LogP contribution in [0.3, 0.4) is 0 Å². The number of thioether (sulfide) groups is 1. The van der Waals surface area contributed by atoms with Crippen LogP contribution in [0.1, 0.15) is 44.2 Å². The van der Waals surface area contributed by atoms with Gasteiger partial charge in [0.2, 0.25) is 11.8 Å². The fraction of sp³-hybridized carbons (Fsp3) is 0.346. The van der Waals surface area contributed by atoms with Crippen LogP contribution in [0.5, 0.6) is 0 Å². The first kappa shape index (κ1) is 25.6. The van der Waals surface area contributed by atoms with E-state index in [4.69, 9.17) is 0 Å². The summed E-state index contributed by atoms with van der Waals surface area (Å²) in [6.45, 7) is 4.21. The van der Waals surface area contributed by atoms with E-state index >= 15 is 0 Å². The van der Waals surface area contributed by atoms with Crippen LogP contribution < -0.4 is 10.6 Å². The van der Waals surface area contributed by atoms with Crippen molar-refractivity contribution in [1.29, 1.82) is 0 Å². The molecule has 36 heavy (non-hydrogen) atoms. The molecule has 0 saturated carbocycles. The Hall–Kier alpha value is -3.53. The van der Waals surface area contributed by atoms with Crippen molar-refractivity contribution in [2.24, 2.45) is 9.98 Å². The maximum Gasteiger partial charge on any atom is 0.259 e. The molecule has 8 nitrogen and oxygen atoms in total. The third kappa shape index (κ3) is 5.99. The highest BCUT2D eigenvalue weighted by molar-refractivity contribution is 8.14. The number of amides is 3. The molecule has 2 aromatic carbocycles. The van der Waals surface area contributed by atoms with Crippen molar-refractivity contribution in [2.75, 3.05) is 5.75 Å². The normalized spacial score (nSPS) is 17.0. The highest BCUT2D eigenvalue weighted by atomic mass is 32.2. The number of amidine groups is 2. The van der Waals surface area contributed by atoms with E-state index in [1.165, 1.54) is 28.8 Å². The van der Waals surface area contributed by atoms with Crippen LogP contribution >= 0.6 is 11.8 Å². The fourth-order valence-electron chi connectivity index (χ4n) is 3.79. The van der Waals surface area contributed by atoms with Crippen LogP contribution in [0.25, 0.3) is 0 Å². The lowest BCUT2D eigenvalue weighted by Crippen LogP contribution is -2.42. The quantitative estimate of drug-likeness (QED) is 0.540. The summed E-state index contributed by atoms with van der Waals surface area (Å²) >= 11 is 1.19. The molecule has 2 atom stereocenters. The summed E-state index contributed by atoms with van der Waals surface area (Å²) in [5, 5.41) is 6.11. The Morgan fingerprint density at radius 1 is 1.14 bits per heavy atom. The summed E-state index contributed by atoms with van der Waals surface area (Å²) in [6.07, 6.45) is 1.18. The average Bonchev–Trinajstić information content (AvgIpc) is 3.22. The molecule has 0 bridgehead atoms. The van der Waals surface area contributed by atoms with Crippen molar-refractivity contribution >= 4 is 46.2 Å². The lowest BCUT2D eigenvalue weighted by Gasteiger charge is -2.25. The molecule has 3 amide bonds. The number of fused-ring (bicyclic) bond motifs is 3. The predicted octanol–water partition coefficient (Wildman–Crippen LogP) is 3.53. The first-order chi connectivity index (χ1) is 17.4. The minimum absolute atomic E-state index is 0.0660. The smallest absolute Gasteiger partial charge is 0.259 e. The summed E-state index contributed by atoms with van der Waals surface area (Å²) in [5.74, 6) is -0.331. The number of carbonyl (C=O) groups excluding carboxylic acids is 3. The molecule has 4 rings (SSSR count). The second-order valence-corrected chi connectivity index (χ2v) is 9.60. The summed E-state index contributed by atoms with van der Waals surface area (Å²) in [6, 6.07) is 12.7. The Labute approximate surface area is 213 Å². The maximum atomic E-state index is 13.3. The van der Waals surface area contributed by atoms with Gasteiger partial charge in [-0.3, -0.25) is 19.4 Å². The van der Waals surface area contributed by atoms with Crippen LogP contribution in [-0.2, 0) is 20.9 Å². The number of benzene rings is 2. The largest absolute Gasteiger partial charge is 0.353 e. The number of hydrogen-bond acceptors (Lipinski definition) is 6. The summed E-state index contributed by atoms with van der Waals surface area (Å²) in [5.41, 5.74) is 2.20. The maximum absolute atomic E-state index is 13.3. The molecule has 0 unspecified atom stereocenters. The lowest BCUT2D eigenvalue weighted by molar-refractivity contribution is -0.125. The number of rotatable bonds is 9. The van der Waals surface area contributed by atoms with Gasteiger partial charge in [0.05, 0.1) is 11.4 Å². The van der Waals surface area contributed by atoms with Gasteiger partial charge in [-0.2, -0.15) is 0 Å². The van der Waals surface area contributed by atoms with Crippen LogP contribution in [0.2, 0.25) is 0 Å². The number of para-hydroxylation sites is 1. The van der Waals surface area contributed by atoms with Gasteiger partial charge in [-0.25, -0.2) is 14.3 Å². The van der Waals surface area contributed by atoms with E-state index in [-0.39, 0.29) is 54.7 Å². The van der Waals surface area contributed by atoms with Gasteiger partial charge in [-0.1, -0.05) is 43.0 Å². The molecule has 0 aliphatic carbocycles. The van der Waals surface area contributed by atoms with E-state index in [0.717, 1.165) is 17.5 Å². The highest BCUT2D eigenvalue weighted by Gasteiger charge is 2.41. The summed E-state index contributed by atoms with van der Waals surface area (Å²) in [7, 11) is 0. The van der Waals surface area contributed by atoms with E-state index < -0.39 is 6.04 Å². The Bertz CT molecular complexity index is 1210. The van der Waals surface area contributed by atoms with E-state index in [9.17, 15) is 18.8 Å². The van der Waals surface area contributed by atoms with Crippen molar-refractivity contribution in [1.82, 2.24) is 15.5 Å². The number of hydrogen-bond donors (Lipinski definition) is 2. The first-order valence-corrected chi connectivity index (χ1v) is 12.9. The Kier molecular flexibility index (Phi) is 8.14. The van der Waals surface area contributed by atoms with E-state index in [0.29, 0.717) is 16.7 Å². The van der Waals surface area contributed by atoms with Crippen molar-refractivity contribution in [3.05, 3.63) is 65.5 Å². The molecule has 10 heteroatoms. The molecule has 2 aromatic rings. The SMILES string of the molecule is CC[C@@H](C)NC(=O)CSC1=Nc2ccccc2C2=N[C@@H](CCC(=O)NCc3ccc(F)cc3)C(=O)N12. The zero-order valence-corrected chi connectivity index (χ0v) is 21.0. The molecule has 0 radical (unpaired) electrons. The van der Waals surface area contributed by atoms with Crippen molar-refractivity contribution in [3.63, 3.8) is 0 Å². The molecule has 0 spiro atoms. The predicted molar refractivity (Wildman–Crippen MR) is 139 cm³/mol. The number of nitrogens with one attached hydrogen (secondary N) is 2. The van der Waals surface area contributed by atoms with Crippen molar-refractivity contribution < 1.29 is 18.8 Å². The van der Waals surface area contributed by atoms with Gasteiger partial charge in [-0.15, -0.1) is 0 Å². The van der Waals surface area contributed by atoms with Gasteiger partial charge in [0, 0.05) is 24.6 Å². The summed E-state index contributed by atoms with van der Waals surface area (Å²) in [4.78, 5) is 48.7. The van der Waals surface area contributed by atoms with Gasteiger partial charge in [-0.05, 0) is 49.6 Å². The monoisotopic (exact) mass is 509 g/mol. The number of halogens is 1. The third-order valence-corrected chi connectivity index (χ3v) is 6.89. The van der Waals surface area contributed by atoms with E-state index in [1.807, 2.05) is 38.1 Å². The van der Waals surface area contributed by atoms with Crippen molar-refractivity contribution in [3.8, 4) is 0 Å². The van der Waals surface area contributed by atoms with Crippen molar-refractivity contribution in [2.45, 2.75) is 51.7 Å². The first-order valence-electron chi connectivity index (χ1n) is 11.9. The topological polar surface area (TPSA) is 103 Å². The van der Waals surface area contributed by atoms with Crippen LogP contribution in [0.4, 0.5) is 10.1 Å². The second-order valence-electron chi connectivity index (χ2n) is 8.66. The Balaban J connectivity index is 1.41. The highest BCUT2D eigenvalue weighted by Crippen LogP contribution is 2.34. The lowest BCUT2D eigenvalue weighted by atomic mass is 10.1. The molecule has 2 aliphatic heterocycles. The molecular formula is C26H28FN5O3S. The minimum Gasteiger partial charge on any atom is -0.353 e. The van der Waals surface area contributed by atoms with E-state index in [2.05, 4.69) is 20.6 Å². The fourth-order valence-corrected chi connectivity index (χ4v) is 4.61. The van der Waals surface area contributed by atoms with Gasteiger partial charge in [0.15, 0.2) is 5.17 Å². The standard InChI is InChI=1S/C26H28FN5O3S/c1-3-16(2)29-23(34)15-36-26-31-20-7-5-4-6-19(20)24-30-21(25(35)32(24)26)12-13-22(33)28-14-17-8-10-18(27)11-9-17/h4-11,16,21H,3,12-15H2,1-2H3,(H,28,33)(H,29,34)/t16-,21+/m1/s1. The number of nitrogens with zero attached hydrogens (tertiary/aromatic N) is 3. The molecule has 2 N–H and O–H groups in total. The number of carbonyl (C=O) groups is 3. The van der Waals surface area contributed by atoms with Gasteiger partial charge in [0.25, 0.3) is 5.91 Å².